The second-order valence-electron chi connectivity index (χ2n) is 7.49. The molecule has 7 heteroatoms. The molecule has 1 aromatic carbocycles. The molecule has 2 N–H and O–H groups in total. The average molecular weight is 368 g/mol. The number of aliphatic carboxylic acids is 1. The number of benzene rings is 1. The molecule has 0 fully saturated rings. The maximum Gasteiger partial charge on any atom is 0.408 e. The Balaban J connectivity index is 2.46. The highest BCUT2D eigenvalue weighted by Gasteiger charge is 2.37. The molecular formula is C18H29NO5Si. The van der Waals surface area contributed by atoms with E-state index in [1.807, 2.05) is 30.3 Å². The molecule has 0 aliphatic carbocycles. The molecule has 1 rings (SSSR count). The normalized spacial score (nSPS) is 13.2. The topological polar surface area (TPSA) is 84.9 Å². The summed E-state index contributed by atoms with van der Waals surface area (Å²) in [5, 5.41) is 11.7. The van der Waals surface area contributed by atoms with Crippen molar-refractivity contribution in [3.05, 3.63) is 35.9 Å². The Morgan fingerprint density at radius 2 is 1.80 bits per heavy atom. The van der Waals surface area contributed by atoms with Crippen molar-refractivity contribution >= 4 is 20.4 Å². The van der Waals surface area contributed by atoms with Crippen LogP contribution in [-0.4, -0.2) is 38.1 Å². The second kappa shape index (κ2) is 9.01. The van der Waals surface area contributed by atoms with E-state index in [1.165, 1.54) is 0 Å². The molecule has 0 aromatic heterocycles. The molecule has 1 amide bonds. The summed E-state index contributed by atoms with van der Waals surface area (Å²) in [4.78, 5) is 23.2. The van der Waals surface area contributed by atoms with Crippen molar-refractivity contribution in [2.45, 2.75) is 58.0 Å². The van der Waals surface area contributed by atoms with Gasteiger partial charge >= 0.3 is 12.1 Å². The number of nitrogens with one attached hydrogen (secondary N) is 1. The van der Waals surface area contributed by atoms with E-state index < -0.39 is 26.4 Å². The van der Waals surface area contributed by atoms with Crippen LogP contribution in [0.25, 0.3) is 0 Å². The summed E-state index contributed by atoms with van der Waals surface area (Å²) < 4.78 is 11.0. The van der Waals surface area contributed by atoms with Crippen molar-refractivity contribution in [3.8, 4) is 0 Å². The monoisotopic (exact) mass is 367 g/mol. The lowest BCUT2D eigenvalue weighted by Gasteiger charge is -2.36. The molecule has 25 heavy (non-hydrogen) atoms. The Labute approximate surface area is 150 Å². The minimum absolute atomic E-state index is 0.0494. The van der Waals surface area contributed by atoms with Gasteiger partial charge in [0.15, 0.2) is 8.32 Å². The van der Waals surface area contributed by atoms with Gasteiger partial charge in [-0.15, -0.1) is 0 Å². The highest BCUT2D eigenvalue weighted by molar-refractivity contribution is 6.74. The highest BCUT2D eigenvalue weighted by Crippen LogP contribution is 2.36. The number of ether oxygens (including phenoxy) is 1. The number of carbonyl (C=O) groups is 2. The maximum absolute atomic E-state index is 11.8. The third kappa shape index (κ3) is 7.27. The van der Waals surface area contributed by atoms with E-state index in [2.05, 4.69) is 39.2 Å². The second-order valence-corrected chi connectivity index (χ2v) is 12.3. The summed E-state index contributed by atoms with van der Waals surface area (Å²) in [6.07, 6.45) is -0.550. The molecule has 1 aromatic rings. The Morgan fingerprint density at radius 3 is 2.32 bits per heavy atom. The van der Waals surface area contributed by atoms with E-state index in [9.17, 15) is 14.7 Å². The zero-order valence-electron chi connectivity index (χ0n) is 15.7. The predicted octanol–water partition coefficient (Wildman–Crippen LogP) is 3.78. The lowest BCUT2D eigenvalue weighted by molar-refractivity contribution is -0.139. The number of carboxylic acid groups (broad SMARTS) is 1. The Bertz CT molecular complexity index is 569. The van der Waals surface area contributed by atoms with Crippen LogP contribution in [0.1, 0.15) is 32.8 Å². The number of carbonyl (C=O) groups excluding carboxylic acids is 1. The Kier molecular flexibility index (Phi) is 7.63. The van der Waals surface area contributed by atoms with Crippen molar-refractivity contribution < 1.29 is 23.9 Å². The molecule has 0 aliphatic heterocycles. The molecule has 0 saturated heterocycles. The summed E-state index contributed by atoms with van der Waals surface area (Å²) in [7, 11) is -1.94. The number of alkyl carbamates (subject to hydrolysis) is 1. The molecule has 0 bridgehead atoms. The molecule has 0 aliphatic rings. The standard InChI is InChI=1S/C18H29NO5Si/c1-18(2,3)25(4,5)24-12-11-15(16(20)21)19-17(22)23-13-14-9-7-6-8-10-14/h6-10,15H,11-13H2,1-5H3,(H,19,22)(H,20,21). The molecule has 0 heterocycles. The minimum atomic E-state index is -1.94. The Morgan fingerprint density at radius 1 is 1.20 bits per heavy atom. The zero-order chi connectivity index (χ0) is 19.1. The molecule has 1 atom stereocenters. The van der Waals surface area contributed by atoms with Gasteiger partial charge in [-0.3, -0.25) is 0 Å². The van der Waals surface area contributed by atoms with Crippen molar-refractivity contribution in [1.29, 1.82) is 0 Å². The van der Waals surface area contributed by atoms with Crippen molar-refractivity contribution in [3.63, 3.8) is 0 Å². The smallest absolute Gasteiger partial charge is 0.408 e. The van der Waals surface area contributed by atoms with Crippen molar-refractivity contribution in [2.24, 2.45) is 0 Å². The average Bonchev–Trinajstić information content (AvgIpc) is 2.51. The van der Waals surface area contributed by atoms with E-state index in [4.69, 9.17) is 9.16 Å². The number of hydrogen-bond donors (Lipinski definition) is 2. The first-order valence-electron chi connectivity index (χ1n) is 8.37. The number of hydrogen-bond acceptors (Lipinski definition) is 4. The van der Waals surface area contributed by atoms with Gasteiger partial charge in [0.05, 0.1) is 0 Å². The Hall–Kier alpha value is -1.86. The SMILES string of the molecule is CC(C)(C)[Si](C)(C)OCCC(NC(=O)OCc1ccccc1)C(=O)O. The van der Waals surface area contributed by atoms with Crippen LogP contribution in [0, 0.1) is 0 Å². The maximum atomic E-state index is 11.8. The van der Waals surface area contributed by atoms with E-state index in [-0.39, 0.29) is 24.7 Å². The quantitative estimate of drug-likeness (QED) is 0.683. The third-order valence-corrected chi connectivity index (χ3v) is 9.02. The predicted molar refractivity (Wildman–Crippen MR) is 99.0 cm³/mol. The molecular weight excluding hydrogens is 338 g/mol. The molecule has 0 spiro atoms. The van der Waals surface area contributed by atoms with Crippen LogP contribution < -0.4 is 5.32 Å². The van der Waals surface area contributed by atoms with Gasteiger partial charge in [0.2, 0.25) is 0 Å². The lowest BCUT2D eigenvalue weighted by atomic mass is 10.2. The van der Waals surface area contributed by atoms with Gasteiger partial charge in [0, 0.05) is 13.0 Å². The highest BCUT2D eigenvalue weighted by atomic mass is 28.4. The van der Waals surface area contributed by atoms with Crippen LogP contribution in [0.3, 0.4) is 0 Å². The third-order valence-electron chi connectivity index (χ3n) is 4.48. The zero-order valence-corrected chi connectivity index (χ0v) is 16.7. The largest absolute Gasteiger partial charge is 0.480 e. The summed E-state index contributed by atoms with van der Waals surface area (Å²) in [6, 6.07) is 8.17. The van der Waals surface area contributed by atoms with Crippen molar-refractivity contribution in [2.75, 3.05) is 6.61 Å². The summed E-state index contributed by atoms with van der Waals surface area (Å²) >= 11 is 0. The van der Waals surface area contributed by atoms with Gasteiger partial charge in [-0.2, -0.15) is 0 Å². The number of carboxylic acids is 1. The fourth-order valence-electron chi connectivity index (χ4n) is 1.81. The first-order valence-corrected chi connectivity index (χ1v) is 11.3. The van der Waals surface area contributed by atoms with Crippen LogP contribution >= 0.6 is 0 Å². The van der Waals surface area contributed by atoms with Crippen molar-refractivity contribution in [1.82, 2.24) is 5.32 Å². The summed E-state index contributed by atoms with van der Waals surface area (Å²) in [5.41, 5.74) is 0.839. The van der Waals surface area contributed by atoms with Gasteiger partial charge < -0.3 is 19.6 Å². The fraction of sp³-hybridized carbons (Fsp3) is 0.556. The van der Waals surface area contributed by atoms with E-state index in [1.54, 1.807) is 0 Å². The molecule has 6 nitrogen and oxygen atoms in total. The van der Waals surface area contributed by atoms with Gasteiger partial charge in [-0.1, -0.05) is 51.1 Å². The van der Waals surface area contributed by atoms with Gasteiger partial charge in [0.25, 0.3) is 0 Å². The minimum Gasteiger partial charge on any atom is -0.480 e. The molecule has 1 unspecified atom stereocenters. The summed E-state index contributed by atoms with van der Waals surface area (Å²) in [6.45, 7) is 10.9. The number of rotatable bonds is 8. The fourth-order valence-corrected chi connectivity index (χ4v) is 2.87. The van der Waals surface area contributed by atoms with Crippen LogP contribution in [0.4, 0.5) is 4.79 Å². The summed E-state index contributed by atoms with van der Waals surface area (Å²) in [5.74, 6) is -1.10. The lowest BCUT2D eigenvalue weighted by Crippen LogP contribution is -2.44. The number of amides is 1. The molecule has 140 valence electrons. The van der Waals surface area contributed by atoms with Gasteiger partial charge in [0.1, 0.15) is 12.6 Å². The van der Waals surface area contributed by atoms with Crippen LogP contribution in [0.15, 0.2) is 30.3 Å². The molecule has 0 radical (unpaired) electrons. The first kappa shape index (κ1) is 21.2. The van der Waals surface area contributed by atoms with Crippen LogP contribution in [-0.2, 0) is 20.6 Å². The van der Waals surface area contributed by atoms with E-state index in [0.29, 0.717) is 0 Å². The first-order chi connectivity index (χ1) is 11.5. The van der Waals surface area contributed by atoms with Crippen LogP contribution in [0.2, 0.25) is 18.1 Å². The van der Waals surface area contributed by atoms with Gasteiger partial charge in [-0.25, -0.2) is 9.59 Å². The van der Waals surface area contributed by atoms with Gasteiger partial charge in [-0.05, 0) is 23.7 Å². The van der Waals surface area contributed by atoms with E-state index in [0.717, 1.165) is 5.56 Å². The molecule has 0 saturated carbocycles. The van der Waals surface area contributed by atoms with E-state index >= 15 is 0 Å². The van der Waals surface area contributed by atoms with Crippen LogP contribution in [0.5, 0.6) is 0 Å².